The van der Waals surface area contributed by atoms with Crippen molar-refractivity contribution in [1.29, 1.82) is 0 Å². The van der Waals surface area contributed by atoms with E-state index in [1.165, 1.54) is 7.05 Å². The number of carbonyl (C=O) groups excluding carboxylic acids is 4. The monoisotopic (exact) mass is 467 g/mol. The fourth-order valence-electron chi connectivity index (χ4n) is 3.62. The van der Waals surface area contributed by atoms with E-state index in [1.54, 1.807) is 12.2 Å². The highest BCUT2D eigenvalue weighted by molar-refractivity contribution is 6.06. The van der Waals surface area contributed by atoms with Crippen molar-refractivity contribution in [2.24, 2.45) is 0 Å². The number of fused-ring (bicyclic) bond motifs is 2. The van der Waals surface area contributed by atoms with Crippen LogP contribution in [0.3, 0.4) is 0 Å². The number of hydrogen-bond donors (Lipinski definition) is 0. The molecule has 0 radical (unpaired) electrons. The summed E-state index contributed by atoms with van der Waals surface area (Å²) in [7, 11) is 1.38. The van der Waals surface area contributed by atoms with E-state index in [-0.39, 0.29) is 12.3 Å². The lowest BCUT2D eigenvalue weighted by Gasteiger charge is -2.11. The fourth-order valence-corrected chi connectivity index (χ4v) is 3.62. The second-order valence-electron chi connectivity index (χ2n) is 8.16. The molecule has 180 valence electrons. The van der Waals surface area contributed by atoms with Crippen LogP contribution in [0.1, 0.15) is 38.5 Å². The van der Waals surface area contributed by atoms with Crippen LogP contribution < -0.4 is 0 Å². The average Bonchev–Trinajstić information content (AvgIpc) is 3.03. The maximum Gasteiger partial charge on any atom is 0.338 e. The molecule has 0 aromatic heterocycles. The van der Waals surface area contributed by atoms with Gasteiger partial charge in [0, 0.05) is 13.1 Å². The van der Waals surface area contributed by atoms with E-state index in [4.69, 9.17) is 14.2 Å². The number of rotatable bonds is 11. The minimum atomic E-state index is -1.07. The molecule has 2 amide bonds. The van der Waals surface area contributed by atoms with Crippen LogP contribution in [0.5, 0.6) is 0 Å². The molecule has 8 heteroatoms. The number of esters is 2. The molecule has 2 aliphatic carbocycles. The Bertz CT molecular complexity index is 1010. The van der Waals surface area contributed by atoms with Crippen molar-refractivity contribution in [3.63, 3.8) is 0 Å². The number of ether oxygens (including phenoxy) is 3. The minimum absolute atomic E-state index is 0.127. The molecule has 8 nitrogen and oxygen atoms in total. The number of likely N-dealkylation sites (N-methyl/N-ethyl adjacent to an activating group) is 1. The Hall–Kier alpha value is -3.68. The molecule has 1 atom stereocenters. The molecule has 0 N–H and O–H groups in total. The molecule has 1 fully saturated rings. The van der Waals surface area contributed by atoms with Crippen LogP contribution in [0.4, 0.5) is 0 Å². The first-order chi connectivity index (χ1) is 16.4. The summed E-state index contributed by atoms with van der Waals surface area (Å²) in [6, 6.07) is 0. The van der Waals surface area contributed by atoms with Gasteiger partial charge in [-0.3, -0.25) is 14.5 Å². The number of unbranched alkanes of at least 4 members (excludes halogenated alkanes) is 3. The summed E-state index contributed by atoms with van der Waals surface area (Å²) in [5.41, 5.74) is 2.20. The zero-order valence-corrected chi connectivity index (χ0v) is 19.3. The van der Waals surface area contributed by atoms with Crippen LogP contribution in [0.2, 0.25) is 0 Å². The summed E-state index contributed by atoms with van der Waals surface area (Å²) in [6.45, 7) is 4.33. The van der Waals surface area contributed by atoms with Gasteiger partial charge in [0.1, 0.15) is 5.76 Å². The van der Waals surface area contributed by atoms with Crippen molar-refractivity contribution in [2.75, 3.05) is 20.3 Å². The van der Waals surface area contributed by atoms with Gasteiger partial charge in [0.25, 0.3) is 5.91 Å². The molecule has 1 unspecified atom stereocenters. The molecule has 0 spiro atoms. The summed E-state index contributed by atoms with van der Waals surface area (Å²) in [6.07, 6.45) is 15.1. The number of carbonyl (C=O) groups is 4. The van der Waals surface area contributed by atoms with Gasteiger partial charge in [-0.2, -0.15) is 0 Å². The van der Waals surface area contributed by atoms with Gasteiger partial charge in [-0.05, 0) is 67.6 Å². The second kappa shape index (κ2) is 12.0. The zero-order chi connectivity index (χ0) is 24.5. The molecule has 0 aromatic carbocycles. The molecule has 34 heavy (non-hydrogen) atoms. The molecule has 1 heterocycles. The summed E-state index contributed by atoms with van der Waals surface area (Å²) in [4.78, 5) is 48.2. The normalized spacial score (nSPS) is 19.3. The van der Waals surface area contributed by atoms with E-state index in [0.717, 1.165) is 53.6 Å². The lowest BCUT2D eigenvalue weighted by molar-refractivity contribution is -0.152. The number of nitrogens with zero attached hydrogens (tertiary/aromatic N) is 1. The van der Waals surface area contributed by atoms with Gasteiger partial charge in [-0.15, -0.1) is 0 Å². The maximum absolute atomic E-state index is 12.6. The highest BCUT2D eigenvalue weighted by Crippen LogP contribution is 2.26. The van der Waals surface area contributed by atoms with Crippen LogP contribution in [0.25, 0.3) is 0 Å². The zero-order valence-electron chi connectivity index (χ0n) is 19.3. The van der Waals surface area contributed by atoms with E-state index in [0.29, 0.717) is 25.2 Å². The third-order valence-corrected chi connectivity index (χ3v) is 5.56. The van der Waals surface area contributed by atoms with E-state index in [9.17, 15) is 19.2 Å². The van der Waals surface area contributed by atoms with Crippen LogP contribution >= 0.6 is 0 Å². The highest BCUT2D eigenvalue weighted by Gasteiger charge is 2.39. The summed E-state index contributed by atoms with van der Waals surface area (Å²) in [5.74, 6) is -1.15. The van der Waals surface area contributed by atoms with Crippen LogP contribution in [0.15, 0.2) is 71.6 Å². The molecular formula is C26H29NO7. The van der Waals surface area contributed by atoms with Crippen molar-refractivity contribution in [2.45, 2.75) is 44.6 Å². The Balaban J connectivity index is 1.48. The Morgan fingerprint density at radius 3 is 2.53 bits per heavy atom. The van der Waals surface area contributed by atoms with Crippen molar-refractivity contribution in [1.82, 2.24) is 4.90 Å². The molecule has 2 bridgehead atoms. The Labute approximate surface area is 198 Å². The molecule has 3 rings (SSSR count). The number of amides is 2. The first-order valence-electron chi connectivity index (χ1n) is 11.3. The van der Waals surface area contributed by atoms with E-state index in [2.05, 4.69) is 6.58 Å². The second-order valence-corrected chi connectivity index (χ2v) is 8.16. The number of likely N-dealkylation sites (tertiary alicyclic amines) is 1. The SMILES string of the molecule is C=CC(=O)OCCCCCCOC1=CC=C2C=C(C(=O)OC3CC(=O)N(C)C3=O)C=CC(=C1)C2. The summed E-state index contributed by atoms with van der Waals surface area (Å²) < 4.78 is 16.1. The lowest BCUT2D eigenvalue weighted by Crippen LogP contribution is -2.30. The van der Waals surface area contributed by atoms with E-state index < -0.39 is 23.9 Å². The summed E-state index contributed by atoms with van der Waals surface area (Å²) >= 11 is 0. The van der Waals surface area contributed by atoms with E-state index >= 15 is 0 Å². The Morgan fingerprint density at radius 1 is 1.06 bits per heavy atom. The predicted octanol–water partition coefficient (Wildman–Crippen LogP) is 3.23. The van der Waals surface area contributed by atoms with Crippen LogP contribution in [0, 0.1) is 0 Å². The maximum atomic E-state index is 12.6. The van der Waals surface area contributed by atoms with Gasteiger partial charge in [0.05, 0.1) is 25.2 Å². The standard InChI is InChI=1S/C26H29NO7/c1-3-24(29)33-13-7-5-4-6-12-32-21-11-9-18-14-19(16-21)8-10-20(15-18)26(31)34-22-17-23(28)27(2)25(22)30/h3,8-11,15-16,22H,1,4-7,12-14,17H2,2H3. The Morgan fingerprint density at radius 2 is 1.82 bits per heavy atom. The van der Waals surface area contributed by atoms with Gasteiger partial charge in [0.2, 0.25) is 5.91 Å². The largest absolute Gasteiger partial charge is 0.494 e. The quantitative estimate of drug-likeness (QED) is 0.199. The van der Waals surface area contributed by atoms with Gasteiger partial charge < -0.3 is 14.2 Å². The predicted molar refractivity (Wildman–Crippen MR) is 124 cm³/mol. The molecular weight excluding hydrogens is 438 g/mol. The first kappa shape index (κ1) is 25.0. The highest BCUT2D eigenvalue weighted by atomic mass is 16.6. The number of imide groups is 1. The van der Waals surface area contributed by atoms with Crippen molar-refractivity contribution >= 4 is 23.8 Å². The first-order valence-corrected chi connectivity index (χ1v) is 11.3. The Kier molecular flexibility index (Phi) is 8.79. The molecule has 1 aliphatic heterocycles. The van der Waals surface area contributed by atoms with Crippen LogP contribution in [-0.4, -0.2) is 55.0 Å². The van der Waals surface area contributed by atoms with Gasteiger partial charge in [0.15, 0.2) is 6.10 Å². The number of hydrogen-bond acceptors (Lipinski definition) is 7. The minimum Gasteiger partial charge on any atom is -0.494 e. The lowest BCUT2D eigenvalue weighted by atomic mass is 10.1. The third-order valence-electron chi connectivity index (χ3n) is 5.56. The smallest absolute Gasteiger partial charge is 0.338 e. The van der Waals surface area contributed by atoms with Crippen LogP contribution in [-0.2, 0) is 33.4 Å². The average molecular weight is 468 g/mol. The van der Waals surface area contributed by atoms with Crippen molar-refractivity contribution in [3.05, 3.63) is 71.6 Å². The molecule has 3 aliphatic rings. The number of allylic oxidation sites excluding steroid dienone is 7. The molecule has 1 saturated heterocycles. The van der Waals surface area contributed by atoms with Crippen molar-refractivity contribution in [3.8, 4) is 0 Å². The molecule has 0 aromatic rings. The van der Waals surface area contributed by atoms with Gasteiger partial charge >= 0.3 is 11.9 Å². The fraction of sp³-hybridized carbons (Fsp3) is 0.385. The van der Waals surface area contributed by atoms with E-state index in [1.807, 2.05) is 24.3 Å². The molecule has 0 saturated carbocycles. The van der Waals surface area contributed by atoms with Crippen molar-refractivity contribution < 1.29 is 33.4 Å². The van der Waals surface area contributed by atoms with Gasteiger partial charge in [-0.25, -0.2) is 9.59 Å². The summed E-state index contributed by atoms with van der Waals surface area (Å²) in [5, 5.41) is 0. The van der Waals surface area contributed by atoms with Gasteiger partial charge in [-0.1, -0.05) is 18.7 Å². The topological polar surface area (TPSA) is 99.2 Å². The third kappa shape index (κ3) is 6.91.